The molecule has 0 fully saturated rings. The van der Waals surface area contributed by atoms with Gasteiger partial charge in [0, 0.05) is 24.7 Å². The van der Waals surface area contributed by atoms with Crippen molar-refractivity contribution in [2.24, 2.45) is 0 Å². The number of rotatable bonds is 5. The number of nitrogens with zero attached hydrogens (tertiary/aromatic N) is 4. The molecule has 136 valence electrons. The van der Waals surface area contributed by atoms with E-state index < -0.39 is 0 Å². The van der Waals surface area contributed by atoms with Gasteiger partial charge in [0.15, 0.2) is 17.2 Å². The molecule has 7 heteroatoms. The fourth-order valence-corrected chi connectivity index (χ4v) is 2.99. The molecule has 0 unspecified atom stereocenters. The van der Waals surface area contributed by atoms with Crippen LogP contribution < -0.4 is 10.3 Å². The van der Waals surface area contributed by atoms with Crippen molar-refractivity contribution in [2.45, 2.75) is 47.3 Å². The summed E-state index contributed by atoms with van der Waals surface area (Å²) >= 11 is 0. The van der Waals surface area contributed by atoms with Crippen molar-refractivity contribution in [1.29, 1.82) is 0 Å². The SMILES string of the molecule is CC(=O)c1nn(C(C)C)c(C)c1OCc1cc(=O)n2c(C)cccc2n1. The summed E-state index contributed by atoms with van der Waals surface area (Å²) < 4.78 is 9.18. The molecule has 0 aliphatic carbocycles. The highest BCUT2D eigenvalue weighted by atomic mass is 16.5. The van der Waals surface area contributed by atoms with Crippen molar-refractivity contribution < 1.29 is 9.53 Å². The molecule has 0 aliphatic rings. The average Bonchev–Trinajstić information content (AvgIpc) is 2.90. The number of carbonyl (C=O) groups excluding carboxylic acids is 1. The van der Waals surface area contributed by atoms with Gasteiger partial charge < -0.3 is 4.74 Å². The Morgan fingerprint density at radius 2 is 2.00 bits per heavy atom. The van der Waals surface area contributed by atoms with Gasteiger partial charge in [0.1, 0.15) is 12.3 Å². The molecule has 3 heterocycles. The van der Waals surface area contributed by atoms with Gasteiger partial charge in [-0.15, -0.1) is 0 Å². The summed E-state index contributed by atoms with van der Waals surface area (Å²) in [7, 11) is 0. The third-order valence-corrected chi connectivity index (χ3v) is 4.22. The topological polar surface area (TPSA) is 78.5 Å². The highest BCUT2D eigenvalue weighted by Gasteiger charge is 2.21. The molecule has 3 aromatic heterocycles. The smallest absolute Gasteiger partial charge is 0.258 e. The number of pyridine rings is 1. The fourth-order valence-electron chi connectivity index (χ4n) is 2.99. The molecule has 0 saturated carbocycles. The van der Waals surface area contributed by atoms with Crippen LogP contribution in [-0.4, -0.2) is 24.9 Å². The zero-order valence-corrected chi connectivity index (χ0v) is 15.6. The van der Waals surface area contributed by atoms with E-state index in [1.165, 1.54) is 13.0 Å². The second-order valence-electron chi connectivity index (χ2n) is 6.59. The van der Waals surface area contributed by atoms with Crippen LogP contribution in [-0.2, 0) is 6.61 Å². The number of Topliss-reactive ketones (excluding diaryl/α,β-unsaturated/α-hetero) is 1. The average molecular weight is 354 g/mol. The van der Waals surface area contributed by atoms with Gasteiger partial charge >= 0.3 is 0 Å². The molecule has 0 atom stereocenters. The van der Waals surface area contributed by atoms with Gasteiger partial charge in [-0.3, -0.25) is 18.7 Å². The molecule has 0 aliphatic heterocycles. The summed E-state index contributed by atoms with van der Waals surface area (Å²) in [6.07, 6.45) is 0. The van der Waals surface area contributed by atoms with Gasteiger partial charge in [0.2, 0.25) is 0 Å². The van der Waals surface area contributed by atoms with Crippen LogP contribution in [0, 0.1) is 13.8 Å². The maximum Gasteiger partial charge on any atom is 0.258 e. The standard InChI is InChI=1S/C19H22N4O3/c1-11(2)23-13(4)19(18(21-23)14(5)24)26-10-15-9-17(25)22-12(3)7-6-8-16(22)20-15/h6-9,11H,10H2,1-5H3. The number of hydrogen-bond donors (Lipinski definition) is 0. The van der Waals surface area contributed by atoms with E-state index in [2.05, 4.69) is 10.1 Å². The first-order valence-corrected chi connectivity index (χ1v) is 8.50. The molecule has 0 saturated heterocycles. The monoisotopic (exact) mass is 354 g/mol. The minimum atomic E-state index is -0.162. The van der Waals surface area contributed by atoms with E-state index in [1.807, 2.05) is 39.8 Å². The lowest BCUT2D eigenvalue weighted by Crippen LogP contribution is -2.18. The number of carbonyl (C=O) groups is 1. The molecule has 7 nitrogen and oxygen atoms in total. The second-order valence-corrected chi connectivity index (χ2v) is 6.59. The number of ether oxygens (including phenoxy) is 1. The van der Waals surface area contributed by atoms with E-state index in [1.54, 1.807) is 15.1 Å². The Kier molecular flexibility index (Phi) is 4.63. The molecular weight excluding hydrogens is 332 g/mol. The fraction of sp³-hybridized carbons (Fsp3) is 0.368. The molecule has 0 amide bonds. The largest absolute Gasteiger partial charge is 0.483 e. The first kappa shape index (κ1) is 17.8. The number of ketones is 1. The number of aryl methyl sites for hydroxylation is 1. The highest BCUT2D eigenvalue weighted by molar-refractivity contribution is 5.95. The van der Waals surface area contributed by atoms with E-state index in [-0.39, 0.29) is 24.0 Å². The van der Waals surface area contributed by atoms with E-state index in [9.17, 15) is 9.59 Å². The number of aromatic nitrogens is 4. The molecule has 26 heavy (non-hydrogen) atoms. The Morgan fingerprint density at radius 1 is 1.27 bits per heavy atom. The summed E-state index contributed by atoms with van der Waals surface area (Å²) in [6, 6.07) is 7.05. The third-order valence-electron chi connectivity index (χ3n) is 4.22. The molecule has 3 rings (SSSR count). The zero-order valence-electron chi connectivity index (χ0n) is 15.6. The number of fused-ring (bicyclic) bond motifs is 1. The summed E-state index contributed by atoms with van der Waals surface area (Å²) in [5.41, 5.74) is 2.81. The van der Waals surface area contributed by atoms with Crippen LogP contribution in [0.15, 0.2) is 29.1 Å². The van der Waals surface area contributed by atoms with Crippen molar-refractivity contribution in [3.8, 4) is 5.75 Å². The van der Waals surface area contributed by atoms with Gasteiger partial charge in [0.25, 0.3) is 5.56 Å². The van der Waals surface area contributed by atoms with Crippen LogP contribution in [0.1, 0.15) is 54.4 Å². The lowest BCUT2D eigenvalue weighted by molar-refractivity contribution is 0.100. The number of hydrogen-bond acceptors (Lipinski definition) is 5. The molecule has 0 aromatic carbocycles. The molecule has 0 bridgehead atoms. The molecule has 0 radical (unpaired) electrons. The Balaban J connectivity index is 1.96. The molecule has 3 aromatic rings. The Hall–Kier alpha value is -2.96. The van der Waals surface area contributed by atoms with Crippen molar-refractivity contribution in [3.05, 3.63) is 57.4 Å². The van der Waals surface area contributed by atoms with Crippen LogP contribution in [0.4, 0.5) is 0 Å². The maximum absolute atomic E-state index is 12.4. The van der Waals surface area contributed by atoms with Crippen molar-refractivity contribution in [3.63, 3.8) is 0 Å². The summed E-state index contributed by atoms with van der Waals surface area (Å²) in [5.74, 6) is 0.280. The predicted molar refractivity (Wildman–Crippen MR) is 97.9 cm³/mol. The van der Waals surface area contributed by atoms with E-state index >= 15 is 0 Å². The normalized spacial score (nSPS) is 11.3. The van der Waals surface area contributed by atoms with Crippen molar-refractivity contribution in [2.75, 3.05) is 0 Å². The zero-order chi connectivity index (χ0) is 19.0. The third kappa shape index (κ3) is 3.12. The molecular formula is C19H22N4O3. The minimum absolute atomic E-state index is 0.0879. The van der Waals surface area contributed by atoms with Crippen molar-refractivity contribution in [1.82, 2.24) is 19.2 Å². The van der Waals surface area contributed by atoms with Crippen molar-refractivity contribution >= 4 is 11.4 Å². The quantitative estimate of drug-likeness (QED) is 0.658. The Labute approximate surface area is 151 Å². The summed E-state index contributed by atoms with van der Waals surface area (Å²) in [4.78, 5) is 28.8. The second kappa shape index (κ2) is 6.74. The predicted octanol–water partition coefficient (Wildman–Crippen LogP) is 2.87. The van der Waals surface area contributed by atoms with Gasteiger partial charge in [-0.05, 0) is 39.8 Å². The molecule has 0 N–H and O–H groups in total. The van der Waals surface area contributed by atoms with E-state index in [0.717, 1.165) is 11.4 Å². The van der Waals surface area contributed by atoms with Gasteiger partial charge in [-0.25, -0.2) is 4.98 Å². The maximum atomic E-state index is 12.4. The highest BCUT2D eigenvalue weighted by Crippen LogP contribution is 2.26. The van der Waals surface area contributed by atoms with Gasteiger partial charge in [0.05, 0.1) is 11.4 Å². The Morgan fingerprint density at radius 3 is 2.65 bits per heavy atom. The van der Waals surface area contributed by atoms with Gasteiger partial charge in [-0.1, -0.05) is 6.07 Å². The van der Waals surface area contributed by atoms with Crippen LogP contribution in [0.5, 0.6) is 5.75 Å². The first-order valence-electron chi connectivity index (χ1n) is 8.50. The summed E-state index contributed by atoms with van der Waals surface area (Å²) in [5, 5.41) is 4.36. The van der Waals surface area contributed by atoms with Crippen LogP contribution in [0.25, 0.3) is 5.65 Å². The van der Waals surface area contributed by atoms with Gasteiger partial charge in [-0.2, -0.15) is 5.10 Å². The first-order chi connectivity index (χ1) is 12.3. The van der Waals surface area contributed by atoms with Crippen LogP contribution in [0.2, 0.25) is 0 Å². The van der Waals surface area contributed by atoms with Crippen LogP contribution in [0.3, 0.4) is 0 Å². The van der Waals surface area contributed by atoms with E-state index in [4.69, 9.17) is 4.74 Å². The minimum Gasteiger partial charge on any atom is -0.483 e. The Bertz CT molecular complexity index is 1050. The lowest BCUT2D eigenvalue weighted by atomic mass is 10.2. The summed E-state index contributed by atoms with van der Waals surface area (Å²) in [6.45, 7) is 9.24. The molecule has 0 spiro atoms. The van der Waals surface area contributed by atoms with E-state index in [0.29, 0.717) is 22.8 Å². The van der Waals surface area contributed by atoms with Crippen LogP contribution >= 0.6 is 0 Å². The lowest BCUT2D eigenvalue weighted by Gasteiger charge is -2.10.